The van der Waals surface area contributed by atoms with Crippen molar-refractivity contribution in [1.29, 1.82) is 0 Å². The fraction of sp³-hybridized carbons (Fsp3) is 0.417. The van der Waals surface area contributed by atoms with E-state index in [0.29, 0.717) is 12.2 Å². The molecule has 3 nitrogen and oxygen atoms in total. The molecule has 1 N–H and O–H groups in total. The minimum Gasteiger partial charge on any atom is -0.480 e. The predicted octanol–water partition coefficient (Wildman–Crippen LogP) is 2.52. The maximum absolute atomic E-state index is 13.0. The van der Waals surface area contributed by atoms with E-state index < -0.39 is 5.97 Å². The minimum absolute atomic E-state index is 0.0938. The van der Waals surface area contributed by atoms with Crippen molar-refractivity contribution >= 4 is 11.7 Å². The van der Waals surface area contributed by atoms with Crippen LogP contribution in [0.3, 0.4) is 0 Å². The number of carboxylic acid groups (broad SMARTS) is 1. The summed E-state index contributed by atoms with van der Waals surface area (Å²) >= 11 is 0. The third-order valence-electron chi connectivity index (χ3n) is 2.28. The molecule has 4 heteroatoms. The molecule has 1 aromatic rings. The Hall–Kier alpha value is -1.58. The average molecular weight is 225 g/mol. The summed E-state index contributed by atoms with van der Waals surface area (Å²) in [6, 6.07) is 6.02. The Morgan fingerprint density at radius 2 is 2.25 bits per heavy atom. The predicted molar refractivity (Wildman–Crippen MR) is 61.2 cm³/mol. The van der Waals surface area contributed by atoms with Gasteiger partial charge in [0.1, 0.15) is 12.4 Å². The van der Waals surface area contributed by atoms with Crippen molar-refractivity contribution < 1.29 is 14.3 Å². The third kappa shape index (κ3) is 3.88. The zero-order valence-electron chi connectivity index (χ0n) is 9.32. The fourth-order valence-electron chi connectivity index (χ4n) is 1.48. The normalized spacial score (nSPS) is 10.1. The number of carboxylic acids is 1. The van der Waals surface area contributed by atoms with Gasteiger partial charge in [-0.2, -0.15) is 0 Å². The quantitative estimate of drug-likeness (QED) is 0.808. The molecular formula is C12H16FNO2. The molecule has 0 heterocycles. The van der Waals surface area contributed by atoms with Gasteiger partial charge in [0.2, 0.25) is 0 Å². The summed E-state index contributed by atoms with van der Waals surface area (Å²) in [5.41, 5.74) is 0.621. The highest BCUT2D eigenvalue weighted by atomic mass is 19.1. The fourth-order valence-corrected chi connectivity index (χ4v) is 1.48. The number of hydrogen-bond acceptors (Lipinski definition) is 2. The van der Waals surface area contributed by atoms with Crippen LogP contribution in [-0.4, -0.2) is 24.2 Å². The smallest absolute Gasteiger partial charge is 0.323 e. The van der Waals surface area contributed by atoms with E-state index in [1.54, 1.807) is 17.0 Å². The molecule has 0 amide bonds. The number of hydrogen-bond donors (Lipinski definition) is 1. The standard InChI is InChI=1S/C12H16FNO2/c1-2-3-7-14(9-12(15)16)11-6-4-5-10(13)8-11/h4-6,8H,2-3,7,9H2,1H3,(H,15,16). The summed E-state index contributed by atoms with van der Waals surface area (Å²) in [5.74, 6) is -1.25. The van der Waals surface area contributed by atoms with E-state index in [-0.39, 0.29) is 12.4 Å². The van der Waals surface area contributed by atoms with E-state index in [2.05, 4.69) is 0 Å². The molecule has 0 aliphatic heterocycles. The summed E-state index contributed by atoms with van der Waals surface area (Å²) in [6.45, 7) is 2.57. The van der Waals surface area contributed by atoms with E-state index >= 15 is 0 Å². The van der Waals surface area contributed by atoms with Gasteiger partial charge >= 0.3 is 5.97 Å². The van der Waals surface area contributed by atoms with Gasteiger partial charge in [-0.05, 0) is 24.6 Å². The molecule has 16 heavy (non-hydrogen) atoms. The molecule has 0 bridgehead atoms. The van der Waals surface area contributed by atoms with Gasteiger partial charge in [0, 0.05) is 12.2 Å². The molecule has 0 atom stereocenters. The monoisotopic (exact) mass is 225 g/mol. The van der Waals surface area contributed by atoms with E-state index in [0.717, 1.165) is 12.8 Å². The number of halogens is 1. The van der Waals surface area contributed by atoms with Crippen LogP contribution in [0.5, 0.6) is 0 Å². The highest BCUT2D eigenvalue weighted by molar-refractivity contribution is 5.73. The van der Waals surface area contributed by atoms with Gasteiger partial charge in [-0.3, -0.25) is 4.79 Å². The lowest BCUT2D eigenvalue weighted by atomic mass is 10.2. The molecule has 0 aliphatic carbocycles. The molecule has 0 unspecified atom stereocenters. The summed E-state index contributed by atoms with van der Waals surface area (Å²) in [6.07, 6.45) is 1.87. The molecule has 0 fully saturated rings. The third-order valence-corrected chi connectivity index (χ3v) is 2.28. The number of anilines is 1. The first-order valence-electron chi connectivity index (χ1n) is 5.35. The average Bonchev–Trinajstić information content (AvgIpc) is 2.23. The zero-order chi connectivity index (χ0) is 12.0. The second-order valence-electron chi connectivity index (χ2n) is 3.65. The molecule has 1 rings (SSSR count). The molecule has 0 saturated carbocycles. The summed E-state index contributed by atoms with van der Waals surface area (Å²) < 4.78 is 13.0. The largest absolute Gasteiger partial charge is 0.480 e. The van der Waals surface area contributed by atoms with E-state index in [1.807, 2.05) is 6.92 Å². The second-order valence-corrected chi connectivity index (χ2v) is 3.65. The van der Waals surface area contributed by atoms with Crippen LogP contribution >= 0.6 is 0 Å². The molecular weight excluding hydrogens is 209 g/mol. The van der Waals surface area contributed by atoms with Gasteiger partial charge in [0.25, 0.3) is 0 Å². The Kier molecular flexibility index (Phi) is 4.76. The molecule has 0 radical (unpaired) electrons. The van der Waals surface area contributed by atoms with Gasteiger partial charge in [0.05, 0.1) is 0 Å². The van der Waals surface area contributed by atoms with Crippen molar-refractivity contribution in [3.05, 3.63) is 30.1 Å². The minimum atomic E-state index is -0.902. The van der Waals surface area contributed by atoms with E-state index in [4.69, 9.17) is 5.11 Å². The lowest BCUT2D eigenvalue weighted by molar-refractivity contribution is -0.135. The Labute approximate surface area is 94.5 Å². The lowest BCUT2D eigenvalue weighted by Crippen LogP contribution is -2.30. The molecule has 88 valence electrons. The Bertz CT molecular complexity index is 355. The first-order valence-corrected chi connectivity index (χ1v) is 5.35. The van der Waals surface area contributed by atoms with Crippen LogP contribution in [0, 0.1) is 5.82 Å². The van der Waals surface area contributed by atoms with Crippen LogP contribution in [0.1, 0.15) is 19.8 Å². The second kappa shape index (κ2) is 6.10. The Morgan fingerprint density at radius 3 is 2.81 bits per heavy atom. The maximum Gasteiger partial charge on any atom is 0.323 e. The molecule has 0 aromatic heterocycles. The van der Waals surface area contributed by atoms with Crippen LogP contribution < -0.4 is 4.90 Å². The number of nitrogens with zero attached hydrogens (tertiary/aromatic N) is 1. The number of aliphatic carboxylic acids is 1. The highest BCUT2D eigenvalue weighted by Gasteiger charge is 2.10. The number of benzene rings is 1. The number of carbonyl (C=O) groups is 1. The Balaban J connectivity index is 2.78. The summed E-state index contributed by atoms with van der Waals surface area (Å²) in [5, 5.41) is 8.78. The van der Waals surface area contributed by atoms with E-state index in [9.17, 15) is 9.18 Å². The SMILES string of the molecule is CCCCN(CC(=O)O)c1cccc(F)c1. The number of rotatable bonds is 6. The summed E-state index contributed by atoms with van der Waals surface area (Å²) in [4.78, 5) is 12.4. The van der Waals surface area contributed by atoms with Crippen LogP contribution in [-0.2, 0) is 4.79 Å². The van der Waals surface area contributed by atoms with Crippen molar-refractivity contribution in [2.45, 2.75) is 19.8 Å². The molecule has 1 aromatic carbocycles. The lowest BCUT2D eigenvalue weighted by Gasteiger charge is -2.22. The molecule has 0 spiro atoms. The first kappa shape index (κ1) is 12.5. The van der Waals surface area contributed by atoms with Gasteiger partial charge in [0.15, 0.2) is 0 Å². The Morgan fingerprint density at radius 1 is 1.50 bits per heavy atom. The van der Waals surface area contributed by atoms with Crippen LogP contribution in [0.15, 0.2) is 24.3 Å². The maximum atomic E-state index is 13.0. The summed E-state index contributed by atoms with van der Waals surface area (Å²) in [7, 11) is 0. The van der Waals surface area contributed by atoms with Gasteiger partial charge < -0.3 is 10.0 Å². The van der Waals surface area contributed by atoms with Crippen LogP contribution in [0.25, 0.3) is 0 Å². The van der Waals surface area contributed by atoms with Crippen molar-refractivity contribution in [3.63, 3.8) is 0 Å². The van der Waals surface area contributed by atoms with Crippen molar-refractivity contribution in [2.75, 3.05) is 18.0 Å². The van der Waals surface area contributed by atoms with Crippen molar-refractivity contribution in [2.24, 2.45) is 0 Å². The van der Waals surface area contributed by atoms with Crippen molar-refractivity contribution in [3.8, 4) is 0 Å². The van der Waals surface area contributed by atoms with Gasteiger partial charge in [-0.25, -0.2) is 4.39 Å². The first-order chi connectivity index (χ1) is 7.63. The van der Waals surface area contributed by atoms with E-state index in [1.165, 1.54) is 12.1 Å². The van der Waals surface area contributed by atoms with Crippen molar-refractivity contribution in [1.82, 2.24) is 0 Å². The van der Waals surface area contributed by atoms with Gasteiger partial charge in [-0.15, -0.1) is 0 Å². The zero-order valence-corrected chi connectivity index (χ0v) is 9.32. The molecule has 0 aliphatic rings. The van der Waals surface area contributed by atoms with Gasteiger partial charge in [-0.1, -0.05) is 19.4 Å². The number of unbranched alkanes of at least 4 members (excludes halogenated alkanes) is 1. The van der Waals surface area contributed by atoms with Crippen LogP contribution in [0.4, 0.5) is 10.1 Å². The highest BCUT2D eigenvalue weighted by Crippen LogP contribution is 2.15. The van der Waals surface area contributed by atoms with Crippen LogP contribution in [0.2, 0.25) is 0 Å². The topological polar surface area (TPSA) is 40.5 Å². The molecule has 0 saturated heterocycles.